The van der Waals surface area contributed by atoms with E-state index in [1.165, 1.54) is 0 Å². The van der Waals surface area contributed by atoms with Crippen molar-refractivity contribution in [3.63, 3.8) is 0 Å². The Hall–Kier alpha value is -1.22. The minimum Gasteiger partial charge on any atom is -0.337 e. The lowest BCUT2D eigenvalue weighted by Gasteiger charge is -2.34. The van der Waals surface area contributed by atoms with E-state index in [1.54, 1.807) is 21.8 Å². The van der Waals surface area contributed by atoms with Crippen molar-refractivity contribution in [2.75, 3.05) is 25.4 Å². The van der Waals surface area contributed by atoms with Gasteiger partial charge >= 0.3 is 0 Å². The first kappa shape index (κ1) is 15.7. The predicted molar refractivity (Wildman–Crippen MR) is 87.3 cm³/mol. The molecule has 0 radical (unpaired) electrons. The molecule has 1 saturated heterocycles. The number of nitrogens with one attached hydrogen (secondary N) is 1. The smallest absolute Gasteiger partial charge is 0.215 e. The summed E-state index contributed by atoms with van der Waals surface area (Å²) in [7, 11) is -1.41. The highest BCUT2D eigenvalue weighted by atomic mass is 32.2. The SMILES string of the molecule is Cn1ccnc1C1CNCCN1S(=O)(=O)CCc1cccs1. The minimum absolute atomic E-state index is 0.147. The molecular formula is C14H20N4O2S2. The molecule has 1 fully saturated rings. The molecule has 1 N–H and O–H groups in total. The van der Waals surface area contributed by atoms with Gasteiger partial charge in [-0.15, -0.1) is 11.3 Å². The van der Waals surface area contributed by atoms with Gasteiger partial charge in [-0.3, -0.25) is 0 Å². The molecule has 0 aromatic carbocycles. The minimum atomic E-state index is -3.30. The average molecular weight is 340 g/mol. The summed E-state index contributed by atoms with van der Waals surface area (Å²) in [6.45, 7) is 1.77. The highest BCUT2D eigenvalue weighted by Crippen LogP contribution is 2.24. The molecule has 3 rings (SSSR count). The Morgan fingerprint density at radius 1 is 1.50 bits per heavy atom. The number of piperazine rings is 1. The summed E-state index contributed by atoms with van der Waals surface area (Å²) in [5.74, 6) is 0.931. The van der Waals surface area contributed by atoms with Gasteiger partial charge in [0.2, 0.25) is 10.0 Å². The quantitative estimate of drug-likeness (QED) is 0.882. The molecule has 0 aliphatic carbocycles. The molecule has 3 heterocycles. The van der Waals surface area contributed by atoms with E-state index in [2.05, 4.69) is 10.3 Å². The first-order valence-corrected chi connectivity index (χ1v) is 9.76. The van der Waals surface area contributed by atoms with Crippen molar-refractivity contribution < 1.29 is 8.42 Å². The van der Waals surface area contributed by atoms with Crippen LogP contribution in [0.15, 0.2) is 29.9 Å². The number of nitrogens with zero attached hydrogens (tertiary/aromatic N) is 3. The summed E-state index contributed by atoms with van der Waals surface area (Å²) in [4.78, 5) is 5.44. The van der Waals surface area contributed by atoms with Gasteiger partial charge in [0, 0.05) is 44.0 Å². The highest BCUT2D eigenvalue weighted by molar-refractivity contribution is 7.89. The third-order valence-electron chi connectivity index (χ3n) is 3.89. The molecule has 0 bridgehead atoms. The molecule has 6 nitrogen and oxygen atoms in total. The molecule has 2 aromatic rings. The van der Waals surface area contributed by atoms with Crippen LogP contribution in [-0.4, -0.2) is 47.7 Å². The van der Waals surface area contributed by atoms with Crippen LogP contribution in [0.3, 0.4) is 0 Å². The maximum Gasteiger partial charge on any atom is 0.215 e. The van der Waals surface area contributed by atoms with Gasteiger partial charge in [-0.25, -0.2) is 13.4 Å². The van der Waals surface area contributed by atoms with Crippen molar-refractivity contribution in [3.05, 3.63) is 40.6 Å². The van der Waals surface area contributed by atoms with Crippen molar-refractivity contribution in [2.24, 2.45) is 7.05 Å². The van der Waals surface area contributed by atoms with Crippen molar-refractivity contribution >= 4 is 21.4 Å². The number of thiophene rings is 1. The third-order valence-corrected chi connectivity index (χ3v) is 6.70. The fraction of sp³-hybridized carbons (Fsp3) is 0.500. The van der Waals surface area contributed by atoms with Gasteiger partial charge in [-0.1, -0.05) is 6.07 Å². The zero-order valence-electron chi connectivity index (χ0n) is 12.5. The molecule has 1 aliphatic heterocycles. The summed E-state index contributed by atoms with van der Waals surface area (Å²) in [6, 6.07) is 3.70. The fourth-order valence-corrected chi connectivity index (χ4v) is 5.22. The van der Waals surface area contributed by atoms with E-state index in [1.807, 2.05) is 35.3 Å². The van der Waals surface area contributed by atoms with E-state index in [9.17, 15) is 8.42 Å². The summed E-state index contributed by atoms with van der Waals surface area (Å²) < 4.78 is 29.0. The van der Waals surface area contributed by atoms with Crippen molar-refractivity contribution in [3.8, 4) is 0 Å². The van der Waals surface area contributed by atoms with Gasteiger partial charge in [0.1, 0.15) is 5.82 Å². The Kier molecular flexibility index (Phi) is 4.62. The molecular weight excluding hydrogens is 320 g/mol. The standard InChI is InChI=1S/C14H20N4O2S2/c1-17-7-6-16-14(17)13-11-15-5-8-18(13)22(19,20)10-4-12-3-2-9-21-12/h2-3,6-7,9,13,15H,4-5,8,10-11H2,1H3. The Bertz CT molecular complexity index is 709. The van der Waals surface area contributed by atoms with Crippen LogP contribution in [0.5, 0.6) is 0 Å². The molecule has 120 valence electrons. The number of hydrogen-bond donors (Lipinski definition) is 1. The zero-order valence-corrected chi connectivity index (χ0v) is 14.1. The van der Waals surface area contributed by atoms with Gasteiger partial charge in [0.15, 0.2) is 0 Å². The average Bonchev–Trinajstić information content (AvgIpc) is 3.16. The van der Waals surface area contributed by atoms with Gasteiger partial charge < -0.3 is 9.88 Å². The van der Waals surface area contributed by atoms with Crippen LogP contribution in [0, 0.1) is 0 Å². The number of sulfonamides is 1. The Labute approximate surface area is 134 Å². The lowest BCUT2D eigenvalue weighted by atomic mass is 10.2. The van der Waals surface area contributed by atoms with Crippen molar-refractivity contribution in [2.45, 2.75) is 12.5 Å². The molecule has 0 saturated carbocycles. The lowest BCUT2D eigenvalue weighted by Crippen LogP contribution is -2.50. The topological polar surface area (TPSA) is 67.2 Å². The number of imidazole rings is 1. The van der Waals surface area contributed by atoms with Crippen LogP contribution in [0.1, 0.15) is 16.7 Å². The Balaban J connectivity index is 1.79. The van der Waals surface area contributed by atoms with Crippen LogP contribution >= 0.6 is 11.3 Å². The summed E-state index contributed by atoms with van der Waals surface area (Å²) >= 11 is 1.60. The Morgan fingerprint density at radius 2 is 2.36 bits per heavy atom. The molecule has 2 aromatic heterocycles. The molecule has 8 heteroatoms. The van der Waals surface area contributed by atoms with E-state index in [0.29, 0.717) is 26.1 Å². The summed E-state index contributed by atoms with van der Waals surface area (Å²) in [5.41, 5.74) is 0. The molecule has 1 unspecified atom stereocenters. The van der Waals surface area contributed by atoms with Crippen LogP contribution in [0.4, 0.5) is 0 Å². The monoisotopic (exact) mass is 340 g/mol. The number of aromatic nitrogens is 2. The molecule has 1 aliphatic rings. The first-order chi connectivity index (χ1) is 10.6. The lowest BCUT2D eigenvalue weighted by molar-refractivity contribution is 0.258. The van der Waals surface area contributed by atoms with E-state index < -0.39 is 10.0 Å². The third kappa shape index (κ3) is 3.24. The normalized spacial score (nSPS) is 20.3. The second-order valence-corrected chi connectivity index (χ2v) is 8.45. The first-order valence-electron chi connectivity index (χ1n) is 7.28. The zero-order chi connectivity index (χ0) is 15.6. The van der Waals surface area contributed by atoms with E-state index >= 15 is 0 Å². The van der Waals surface area contributed by atoms with Crippen molar-refractivity contribution in [1.29, 1.82) is 0 Å². The molecule has 0 spiro atoms. The largest absolute Gasteiger partial charge is 0.337 e. The van der Waals surface area contributed by atoms with Crippen LogP contribution < -0.4 is 5.32 Å². The Morgan fingerprint density at radius 3 is 3.05 bits per heavy atom. The van der Waals surface area contributed by atoms with E-state index in [0.717, 1.165) is 10.7 Å². The van der Waals surface area contributed by atoms with Crippen LogP contribution in [-0.2, 0) is 23.5 Å². The summed E-state index contributed by atoms with van der Waals surface area (Å²) in [5, 5.41) is 5.24. The van der Waals surface area contributed by atoms with Gasteiger partial charge in [0.05, 0.1) is 11.8 Å². The van der Waals surface area contributed by atoms with Crippen LogP contribution in [0.2, 0.25) is 0 Å². The highest BCUT2D eigenvalue weighted by Gasteiger charge is 2.34. The maximum atomic E-state index is 12.8. The second kappa shape index (κ2) is 6.49. The summed E-state index contributed by atoms with van der Waals surface area (Å²) in [6.07, 6.45) is 4.12. The van der Waals surface area contributed by atoms with Gasteiger partial charge in [-0.05, 0) is 17.9 Å². The molecule has 22 heavy (non-hydrogen) atoms. The maximum absolute atomic E-state index is 12.8. The molecule has 0 amide bonds. The van der Waals surface area contributed by atoms with Crippen molar-refractivity contribution in [1.82, 2.24) is 19.2 Å². The van der Waals surface area contributed by atoms with Gasteiger partial charge in [0.25, 0.3) is 0 Å². The number of aryl methyl sites for hydroxylation is 2. The van der Waals surface area contributed by atoms with Crippen LogP contribution in [0.25, 0.3) is 0 Å². The fourth-order valence-electron chi connectivity index (χ4n) is 2.74. The molecule has 1 atom stereocenters. The van der Waals surface area contributed by atoms with Gasteiger partial charge in [-0.2, -0.15) is 4.31 Å². The second-order valence-electron chi connectivity index (χ2n) is 5.37. The predicted octanol–water partition coefficient (Wildman–Crippen LogP) is 1.00. The van der Waals surface area contributed by atoms with E-state index in [4.69, 9.17) is 0 Å². The number of hydrogen-bond acceptors (Lipinski definition) is 5. The van der Waals surface area contributed by atoms with E-state index in [-0.39, 0.29) is 11.8 Å². The number of rotatable bonds is 5.